The van der Waals surface area contributed by atoms with Gasteiger partial charge < -0.3 is 25.7 Å². The van der Waals surface area contributed by atoms with Crippen molar-refractivity contribution in [2.24, 2.45) is 0 Å². The van der Waals surface area contributed by atoms with E-state index in [0.29, 0.717) is 12.1 Å². The second-order valence-electron chi connectivity index (χ2n) is 6.67. The molecule has 0 amide bonds. The van der Waals surface area contributed by atoms with Gasteiger partial charge in [0.1, 0.15) is 12.0 Å². The molecule has 2 bridgehead atoms. The topological polar surface area (TPSA) is 187 Å². The number of fused-ring (bicyclic) bond motifs is 2. The maximum absolute atomic E-state index is 12.4. The summed E-state index contributed by atoms with van der Waals surface area (Å²) < 4.78 is 37.3. The average molecular weight is 423 g/mol. The molecule has 28 heavy (non-hydrogen) atoms. The fraction of sp³-hybridized carbons (Fsp3) is 0.588. The van der Waals surface area contributed by atoms with Gasteiger partial charge in [-0.1, -0.05) is 30.3 Å². The van der Waals surface area contributed by atoms with Crippen molar-refractivity contribution in [2.45, 2.75) is 49.8 Å². The van der Waals surface area contributed by atoms with Gasteiger partial charge in [0.05, 0.1) is 6.61 Å². The van der Waals surface area contributed by atoms with E-state index >= 15 is 0 Å². The lowest BCUT2D eigenvalue weighted by Crippen LogP contribution is -2.43. The Hall–Kier alpha value is -1.60. The van der Waals surface area contributed by atoms with E-state index in [1.807, 2.05) is 30.3 Å². The molecule has 0 aromatic heterocycles. The first-order valence-electron chi connectivity index (χ1n) is 8.47. The molecule has 162 valence electrons. The van der Waals surface area contributed by atoms with E-state index in [-0.39, 0.29) is 29.6 Å². The molecule has 2 unspecified atom stereocenters. The molecule has 0 saturated carbocycles. The molecule has 2 aliphatic heterocycles. The zero-order chi connectivity index (χ0) is 19.3. The molecule has 3 atom stereocenters. The van der Waals surface area contributed by atoms with Gasteiger partial charge in [0.15, 0.2) is 0 Å². The molecule has 1 aromatic rings. The van der Waals surface area contributed by atoms with Crippen molar-refractivity contribution in [3.05, 3.63) is 35.9 Å². The number of hydrogen-bond donors (Lipinski definition) is 3. The third-order valence-electron chi connectivity index (χ3n) is 5.01. The van der Waals surface area contributed by atoms with Crippen LogP contribution in [0.3, 0.4) is 0 Å². The van der Waals surface area contributed by atoms with Crippen LogP contribution < -0.4 is 0 Å². The summed E-state index contributed by atoms with van der Waals surface area (Å²) in [6, 6.07) is 10.5. The number of rotatable bonds is 4. The van der Waals surface area contributed by atoms with Crippen LogP contribution in [0.5, 0.6) is 0 Å². The van der Waals surface area contributed by atoms with E-state index in [4.69, 9.17) is 22.3 Å². The number of benzene rings is 1. The standard InChI is InChI=1S/C17H23NO3.H2O4S.2H2O/c1-18-13-7-8-14(18)10-15(9-13)21-17(20)16(11-19)12-5-3-2-4-6-12;1-5(2,3)4;;/h2-6,13-16,19H,7-11H2,1H3;(H2,1,2,3,4);2*1H2/t13?,14?,15?,16-;;;/m1.../s1. The summed E-state index contributed by atoms with van der Waals surface area (Å²) in [5.41, 5.74) is 0.820. The molecule has 0 radical (unpaired) electrons. The summed E-state index contributed by atoms with van der Waals surface area (Å²) >= 11 is 0. The molecule has 7 N–H and O–H groups in total. The first-order chi connectivity index (χ1) is 12.2. The van der Waals surface area contributed by atoms with Crippen LogP contribution >= 0.6 is 0 Å². The van der Waals surface area contributed by atoms with E-state index in [0.717, 1.165) is 18.4 Å². The van der Waals surface area contributed by atoms with Gasteiger partial charge in [-0.05, 0) is 38.3 Å². The van der Waals surface area contributed by atoms with Crippen molar-refractivity contribution in [1.82, 2.24) is 4.90 Å². The van der Waals surface area contributed by atoms with Crippen molar-refractivity contribution in [3.8, 4) is 0 Å². The quantitative estimate of drug-likeness (QED) is 0.432. The van der Waals surface area contributed by atoms with Gasteiger partial charge in [-0.3, -0.25) is 13.9 Å². The third kappa shape index (κ3) is 7.80. The maximum atomic E-state index is 12.4. The summed E-state index contributed by atoms with van der Waals surface area (Å²) in [5.74, 6) is -0.860. The van der Waals surface area contributed by atoms with E-state index < -0.39 is 16.3 Å². The van der Waals surface area contributed by atoms with Crippen LogP contribution in [0.1, 0.15) is 37.2 Å². The molecule has 3 rings (SSSR count). The average Bonchev–Trinajstić information content (AvgIpc) is 2.77. The highest BCUT2D eigenvalue weighted by molar-refractivity contribution is 7.79. The molecule has 2 heterocycles. The van der Waals surface area contributed by atoms with Crippen LogP contribution in [0.2, 0.25) is 0 Å². The lowest BCUT2D eigenvalue weighted by Gasteiger charge is -2.36. The lowest BCUT2D eigenvalue weighted by molar-refractivity contribution is -0.155. The minimum atomic E-state index is -4.67. The molecule has 0 spiro atoms. The zero-order valence-corrected chi connectivity index (χ0v) is 16.4. The molecule has 1 aromatic carbocycles. The molecule has 2 saturated heterocycles. The van der Waals surface area contributed by atoms with Crippen LogP contribution in [0.25, 0.3) is 0 Å². The van der Waals surface area contributed by atoms with Gasteiger partial charge in [-0.15, -0.1) is 0 Å². The van der Waals surface area contributed by atoms with Crippen molar-refractivity contribution in [1.29, 1.82) is 0 Å². The summed E-state index contributed by atoms with van der Waals surface area (Å²) in [5, 5.41) is 9.53. The summed E-state index contributed by atoms with van der Waals surface area (Å²) in [7, 11) is -2.50. The van der Waals surface area contributed by atoms with Gasteiger partial charge in [0, 0.05) is 12.1 Å². The van der Waals surface area contributed by atoms with E-state index in [2.05, 4.69) is 11.9 Å². The largest absolute Gasteiger partial charge is 0.462 e. The first kappa shape index (κ1) is 26.4. The number of carbonyl (C=O) groups is 1. The highest BCUT2D eigenvalue weighted by Crippen LogP contribution is 2.36. The number of carbonyl (C=O) groups excluding carboxylic acids is 1. The maximum Gasteiger partial charge on any atom is 0.394 e. The highest BCUT2D eigenvalue weighted by Gasteiger charge is 2.40. The second-order valence-corrected chi connectivity index (χ2v) is 7.57. The number of esters is 1. The van der Waals surface area contributed by atoms with E-state index in [9.17, 15) is 9.90 Å². The molecule has 0 aliphatic carbocycles. The number of aliphatic hydroxyl groups excluding tert-OH is 1. The Bertz CT molecular complexity index is 676. The molecule has 2 fully saturated rings. The Balaban J connectivity index is 0.000000934. The minimum Gasteiger partial charge on any atom is -0.462 e. The monoisotopic (exact) mass is 423 g/mol. The summed E-state index contributed by atoms with van der Waals surface area (Å²) in [6.45, 7) is -0.206. The number of aliphatic hydroxyl groups is 1. The zero-order valence-electron chi connectivity index (χ0n) is 15.6. The molecule has 11 heteroatoms. The summed E-state index contributed by atoms with van der Waals surface area (Å²) in [6.07, 6.45) is 4.26. The van der Waals surface area contributed by atoms with Gasteiger partial charge in [-0.2, -0.15) is 8.42 Å². The third-order valence-corrected chi connectivity index (χ3v) is 5.01. The molecular formula is C17H29NO9S. The van der Waals surface area contributed by atoms with Gasteiger partial charge in [0.2, 0.25) is 0 Å². The van der Waals surface area contributed by atoms with Crippen LogP contribution in [0.4, 0.5) is 0 Å². The van der Waals surface area contributed by atoms with Crippen LogP contribution in [0, 0.1) is 0 Å². The van der Waals surface area contributed by atoms with Crippen LogP contribution in [0.15, 0.2) is 30.3 Å². The lowest BCUT2D eigenvalue weighted by atomic mass is 9.98. The fourth-order valence-electron chi connectivity index (χ4n) is 3.71. The Kier molecular flexibility index (Phi) is 10.8. The number of hydrogen-bond acceptors (Lipinski definition) is 6. The van der Waals surface area contributed by atoms with E-state index in [1.54, 1.807) is 0 Å². The molecular weight excluding hydrogens is 394 g/mol. The number of nitrogens with zero attached hydrogens (tertiary/aromatic N) is 1. The fourth-order valence-corrected chi connectivity index (χ4v) is 3.71. The Morgan fingerprint density at radius 3 is 2.04 bits per heavy atom. The smallest absolute Gasteiger partial charge is 0.394 e. The van der Waals surface area contributed by atoms with Gasteiger partial charge >= 0.3 is 16.4 Å². The minimum absolute atomic E-state index is 0. The van der Waals surface area contributed by atoms with Crippen LogP contribution in [-0.4, -0.2) is 76.3 Å². The highest BCUT2D eigenvalue weighted by atomic mass is 32.3. The Morgan fingerprint density at radius 2 is 1.61 bits per heavy atom. The number of ether oxygens (including phenoxy) is 1. The van der Waals surface area contributed by atoms with Gasteiger partial charge in [0.25, 0.3) is 0 Å². The van der Waals surface area contributed by atoms with E-state index in [1.165, 1.54) is 12.8 Å². The second kappa shape index (κ2) is 11.4. The van der Waals surface area contributed by atoms with Crippen molar-refractivity contribution in [2.75, 3.05) is 13.7 Å². The Labute approximate surface area is 164 Å². The number of piperidine rings is 1. The molecule has 10 nitrogen and oxygen atoms in total. The van der Waals surface area contributed by atoms with Crippen molar-refractivity contribution in [3.63, 3.8) is 0 Å². The molecule has 2 aliphatic rings. The first-order valence-corrected chi connectivity index (χ1v) is 9.87. The van der Waals surface area contributed by atoms with Gasteiger partial charge in [-0.25, -0.2) is 0 Å². The predicted molar refractivity (Wildman–Crippen MR) is 101 cm³/mol. The Morgan fingerprint density at radius 1 is 1.14 bits per heavy atom. The SMILES string of the molecule is CN1C2CCC1CC(OC(=O)[C@H](CO)c1ccccc1)C2.O.O.O=S(=O)(O)O. The predicted octanol–water partition coefficient (Wildman–Crippen LogP) is -0.371. The van der Waals surface area contributed by atoms with Crippen molar-refractivity contribution < 1.29 is 43.1 Å². The van der Waals surface area contributed by atoms with Crippen LogP contribution in [-0.2, 0) is 19.9 Å². The normalized spacial score (nSPS) is 24.6. The summed E-state index contributed by atoms with van der Waals surface area (Å²) in [4.78, 5) is 14.8. The van der Waals surface area contributed by atoms with Crippen molar-refractivity contribution >= 4 is 16.4 Å².